The quantitative estimate of drug-likeness (QED) is 0.0262. The predicted octanol–water partition coefficient (Wildman–Crippen LogP) is 18.0. The van der Waals surface area contributed by atoms with E-state index in [1.165, 1.54) is 96.3 Å². The third-order valence-corrected chi connectivity index (χ3v) is 11.4. The molecule has 0 aliphatic carbocycles. The molecule has 0 aromatic carbocycles. The van der Waals surface area contributed by atoms with Crippen LogP contribution in [0, 0.1) is 0 Å². The molecule has 0 aromatic rings. The van der Waals surface area contributed by atoms with Gasteiger partial charge in [-0.15, -0.1) is 0 Å². The topological polar surface area (TPSA) is 78.9 Å². The molecule has 0 N–H and O–H groups in total. The molecule has 0 saturated carbocycles. The Morgan fingerprint density at radius 2 is 0.615 bits per heavy atom. The van der Waals surface area contributed by atoms with Crippen LogP contribution in [-0.4, -0.2) is 37.2 Å². The summed E-state index contributed by atoms with van der Waals surface area (Å²) in [6, 6.07) is 0. The highest BCUT2D eigenvalue weighted by atomic mass is 16.6. The second-order valence-corrected chi connectivity index (χ2v) is 17.7. The van der Waals surface area contributed by atoms with Crippen LogP contribution in [0.25, 0.3) is 0 Å². The highest BCUT2D eigenvalue weighted by molar-refractivity contribution is 5.71. The van der Waals surface area contributed by atoms with Crippen molar-refractivity contribution in [3.05, 3.63) is 85.1 Å². The van der Waals surface area contributed by atoms with Crippen LogP contribution in [0.5, 0.6) is 0 Å². The number of carbonyl (C=O) groups excluding carboxylic acids is 3. The smallest absolute Gasteiger partial charge is 0.306 e. The van der Waals surface area contributed by atoms with Crippen LogP contribution in [0.1, 0.15) is 252 Å². The van der Waals surface area contributed by atoms with Gasteiger partial charge in [0.25, 0.3) is 0 Å². The summed E-state index contributed by atoms with van der Waals surface area (Å²) in [5.74, 6) is -0.983. The number of unbranched alkanes of at least 4 members (excludes halogenated alkanes) is 23. The van der Waals surface area contributed by atoms with Crippen molar-refractivity contribution >= 4 is 17.9 Å². The van der Waals surface area contributed by atoms with Crippen molar-refractivity contribution < 1.29 is 28.6 Å². The Hall–Kier alpha value is -3.41. The summed E-state index contributed by atoms with van der Waals surface area (Å²) in [6.45, 7) is 6.45. The highest BCUT2D eigenvalue weighted by Gasteiger charge is 2.19. The summed E-state index contributed by atoms with van der Waals surface area (Å²) in [5.41, 5.74) is 0. The molecular formula is C59H100O6. The first-order chi connectivity index (χ1) is 32.0. The van der Waals surface area contributed by atoms with Gasteiger partial charge in [-0.2, -0.15) is 0 Å². The number of ether oxygens (including phenoxy) is 3. The molecule has 0 spiro atoms. The minimum Gasteiger partial charge on any atom is -0.462 e. The number of rotatable bonds is 48. The van der Waals surface area contributed by atoms with Crippen LogP contribution in [0.4, 0.5) is 0 Å². The van der Waals surface area contributed by atoms with Crippen LogP contribution in [-0.2, 0) is 28.6 Å². The van der Waals surface area contributed by atoms with Crippen molar-refractivity contribution in [2.24, 2.45) is 0 Å². The maximum atomic E-state index is 12.8. The van der Waals surface area contributed by atoms with Crippen molar-refractivity contribution in [1.82, 2.24) is 0 Å². The van der Waals surface area contributed by atoms with Gasteiger partial charge in [0.2, 0.25) is 0 Å². The fourth-order valence-electron chi connectivity index (χ4n) is 7.29. The number of allylic oxidation sites excluding steroid dienone is 14. The van der Waals surface area contributed by atoms with Gasteiger partial charge in [0.05, 0.1) is 0 Å². The molecule has 6 nitrogen and oxygen atoms in total. The molecular weight excluding hydrogens is 805 g/mol. The summed E-state index contributed by atoms with van der Waals surface area (Å²) < 4.78 is 16.8. The zero-order valence-electron chi connectivity index (χ0n) is 42.5. The molecule has 0 bridgehead atoms. The second-order valence-electron chi connectivity index (χ2n) is 17.7. The fraction of sp³-hybridized carbons (Fsp3) is 0.712. The van der Waals surface area contributed by atoms with Crippen LogP contribution >= 0.6 is 0 Å². The molecule has 0 aromatic heterocycles. The summed E-state index contributed by atoms with van der Waals surface area (Å²) in [6.07, 6.45) is 68.6. The van der Waals surface area contributed by atoms with Crippen molar-refractivity contribution in [3.63, 3.8) is 0 Å². The minimum atomic E-state index is -0.813. The standard InChI is InChI=1S/C59H100O6/c1-4-7-10-13-16-19-22-25-28-29-32-35-38-41-44-47-50-53-59(62)65-56(54-63-57(60)51-48-45-42-39-36-33-30-26-23-20-17-14-11-8-5-2)55-64-58(61)52-49-46-43-40-37-34-31-27-24-21-18-15-12-9-6-3/h8,11,17,20,25-28,30-32,35,41,44,56H,4-7,9-10,12-16,18-19,21-24,29,33-34,36-40,42-43,45-55H2,1-3H3/b11-8-,20-17-,28-25-,30-26-,31-27-,35-32-,44-41-/t56-/m1/s1. The van der Waals surface area contributed by atoms with Crippen LogP contribution in [0.3, 0.4) is 0 Å². The van der Waals surface area contributed by atoms with Crippen LogP contribution < -0.4 is 0 Å². The van der Waals surface area contributed by atoms with Gasteiger partial charge in [0, 0.05) is 19.3 Å². The molecule has 65 heavy (non-hydrogen) atoms. The monoisotopic (exact) mass is 905 g/mol. The zero-order chi connectivity index (χ0) is 47.2. The molecule has 0 amide bonds. The number of hydrogen-bond acceptors (Lipinski definition) is 6. The molecule has 0 unspecified atom stereocenters. The second kappa shape index (κ2) is 53.2. The number of hydrogen-bond donors (Lipinski definition) is 0. The van der Waals surface area contributed by atoms with E-state index in [4.69, 9.17) is 14.2 Å². The average molecular weight is 905 g/mol. The van der Waals surface area contributed by atoms with Gasteiger partial charge in [-0.1, -0.05) is 209 Å². The molecule has 372 valence electrons. The summed E-state index contributed by atoms with van der Waals surface area (Å²) >= 11 is 0. The van der Waals surface area contributed by atoms with E-state index in [0.717, 1.165) is 109 Å². The first-order valence-corrected chi connectivity index (χ1v) is 27.1. The van der Waals surface area contributed by atoms with Crippen molar-refractivity contribution in [1.29, 1.82) is 0 Å². The summed E-state index contributed by atoms with van der Waals surface area (Å²) in [7, 11) is 0. The molecule has 0 radical (unpaired) electrons. The van der Waals surface area contributed by atoms with Crippen molar-refractivity contribution in [2.75, 3.05) is 13.2 Å². The lowest BCUT2D eigenvalue weighted by atomic mass is 10.1. The molecule has 6 heteroatoms. The Morgan fingerprint density at radius 3 is 1.00 bits per heavy atom. The predicted molar refractivity (Wildman–Crippen MR) is 279 cm³/mol. The van der Waals surface area contributed by atoms with E-state index < -0.39 is 6.10 Å². The fourth-order valence-corrected chi connectivity index (χ4v) is 7.29. The number of carbonyl (C=O) groups is 3. The third-order valence-electron chi connectivity index (χ3n) is 11.4. The van der Waals surface area contributed by atoms with Crippen LogP contribution in [0.15, 0.2) is 85.1 Å². The van der Waals surface area contributed by atoms with Gasteiger partial charge in [-0.25, -0.2) is 0 Å². The van der Waals surface area contributed by atoms with Gasteiger partial charge in [-0.05, 0) is 109 Å². The summed E-state index contributed by atoms with van der Waals surface area (Å²) in [5, 5.41) is 0. The van der Waals surface area contributed by atoms with Gasteiger partial charge in [-0.3, -0.25) is 14.4 Å². The van der Waals surface area contributed by atoms with Crippen molar-refractivity contribution in [2.45, 2.75) is 258 Å². The van der Waals surface area contributed by atoms with Gasteiger partial charge < -0.3 is 14.2 Å². The average Bonchev–Trinajstić information content (AvgIpc) is 3.30. The lowest BCUT2D eigenvalue weighted by Crippen LogP contribution is -2.30. The highest BCUT2D eigenvalue weighted by Crippen LogP contribution is 2.13. The molecule has 1 atom stereocenters. The molecule has 0 fully saturated rings. The number of esters is 3. The zero-order valence-corrected chi connectivity index (χ0v) is 42.5. The van der Waals surface area contributed by atoms with E-state index in [-0.39, 0.29) is 37.5 Å². The molecule has 0 rings (SSSR count). The van der Waals surface area contributed by atoms with Crippen molar-refractivity contribution in [3.8, 4) is 0 Å². The molecule has 0 heterocycles. The Kier molecular flexibility index (Phi) is 50.4. The molecule has 0 aliphatic heterocycles. The van der Waals surface area contributed by atoms with Gasteiger partial charge >= 0.3 is 17.9 Å². The SMILES string of the molecule is CC/C=C\C/C=C\C/C=C\CCCCCCCC(=O)OC[C@H](COC(=O)CCCCCCC/C=C\CCCCCCCC)OC(=O)CCC/C=C\C/C=C\C/C=C\CCCCCCCC. The van der Waals surface area contributed by atoms with Gasteiger partial charge in [0.15, 0.2) is 6.10 Å². The molecule has 0 aliphatic rings. The Labute approximate surface area is 401 Å². The lowest BCUT2D eigenvalue weighted by Gasteiger charge is -2.18. The Morgan fingerprint density at radius 1 is 0.323 bits per heavy atom. The lowest BCUT2D eigenvalue weighted by molar-refractivity contribution is -0.167. The van der Waals surface area contributed by atoms with E-state index in [1.807, 2.05) is 0 Å². The Bertz CT molecular complexity index is 1270. The van der Waals surface area contributed by atoms with E-state index in [1.54, 1.807) is 0 Å². The van der Waals surface area contributed by atoms with E-state index in [9.17, 15) is 14.4 Å². The minimum absolute atomic E-state index is 0.107. The third kappa shape index (κ3) is 51.4. The first-order valence-electron chi connectivity index (χ1n) is 27.1. The largest absolute Gasteiger partial charge is 0.462 e. The van der Waals surface area contributed by atoms with Crippen LogP contribution in [0.2, 0.25) is 0 Å². The van der Waals surface area contributed by atoms with E-state index in [0.29, 0.717) is 19.3 Å². The molecule has 0 saturated heterocycles. The maximum Gasteiger partial charge on any atom is 0.306 e. The summed E-state index contributed by atoms with van der Waals surface area (Å²) in [4.78, 5) is 38.0. The van der Waals surface area contributed by atoms with E-state index in [2.05, 4.69) is 106 Å². The van der Waals surface area contributed by atoms with E-state index >= 15 is 0 Å². The van der Waals surface area contributed by atoms with Gasteiger partial charge in [0.1, 0.15) is 13.2 Å². The first kappa shape index (κ1) is 61.6. The normalized spacial score (nSPS) is 12.7. The maximum absolute atomic E-state index is 12.8. The Balaban J connectivity index is 4.51.